The third kappa shape index (κ3) is 5.26. The Bertz CT molecular complexity index is 830. The number of hydrogen-bond acceptors (Lipinski definition) is 5. The number of hydrogen-bond donors (Lipinski definition) is 3. The Labute approximate surface area is 169 Å². The van der Waals surface area contributed by atoms with E-state index >= 15 is 0 Å². The maximum Gasteiger partial charge on any atom is 0.405 e. The van der Waals surface area contributed by atoms with E-state index in [0.717, 1.165) is 12.1 Å². The van der Waals surface area contributed by atoms with Crippen molar-refractivity contribution in [2.45, 2.75) is 57.0 Å². The molecular weight excluding hydrogens is 412 g/mol. The molecule has 3 atom stereocenters. The number of rotatable bonds is 6. The van der Waals surface area contributed by atoms with Gasteiger partial charge in [0.25, 0.3) is 11.8 Å². The van der Waals surface area contributed by atoms with Crippen LogP contribution in [-0.4, -0.2) is 53.2 Å². The first kappa shape index (κ1) is 23.6. The minimum absolute atomic E-state index is 0.234. The molecule has 0 bridgehead atoms. The average molecular weight is 434 g/mol. The summed E-state index contributed by atoms with van der Waals surface area (Å²) in [6.07, 6.45) is -6.21. The Morgan fingerprint density at radius 2 is 1.90 bits per heavy atom. The molecule has 0 fully saturated rings. The lowest BCUT2D eigenvalue weighted by molar-refractivity contribution is -0.161. The normalized spacial score (nSPS) is 21.0. The second-order valence-corrected chi connectivity index (χ2v) is 6.92. The van der Waals surface area contributed by atoms with Crippen LogP contribution in [0.2, 0.25) is 0 Å². The fourth-order valence-corrected chi connectivity index (χ4v) is 3.04. The van der Waals surface area contributed by atoms with Gasteiger partial charge < -0.3 is 20.5 Å². The highest BCUT2D eigenvalue weighted by atomic mass is 19.4. The first-order valence-corrected chi connectivity index (χ1v) is 9.27. The van der Waals surface area contributed by atoms with Crippen LogP contribution in [0.15, 0.2) is 18.2 Å². The van der Waals surface area contributed by atoms with E-state index in [1.165, 1.54) is 18.3 Å². The zero-order valence-corrected chi connectivity index (χ0v) is 16.3. The summed E-state index contributed by atoms with van der Waals surface area (Å²) in [4.78, 5) is 37.4. The highest BCUT2D eigenvalue weighted by molar-refractivity contribution is 6.09. The van der Waals surface area contributed by atoms with Crippen LogP contribution in [0.4, 0.5) is 17.6 Å². The van der Waals surface area contributed by atoms with E-state index in [1.54, 1.807) is 6.92 Å². The van der Waals surface area contributed by atoms with Gasteiger partial charge in [-0.05, 0) is 31.0 Å². The molecule has 1 aromatic rings. The Kier molecular flexibility index (Phi) is 7.06. The van der Waals surface area contributed by atoms with Crippen molar-refractivity contribution >= 4 is 17.6 Å². The molecule has 0 saturated heterocycles. The minimum Gasteiger partial charge on any atom is -0.488 e. The van der Waals surface area contributed by atoms with Gasteiger partial charge in [-0.15, -0.1) is 0 Å². The molecule has 1 aromatic carbocycles. The maximum atomic E-state index is 13.5. The quantitative estimate of drug-likeness (QED) is 0.464. The number of aliphatic hydroxyl groups is 1. The van der Waals surface area contributed by atoms with E-state index in [9.17, 15) is 37.1 Å². The maximum absolute atomic E-state index is 13.5. The van der Waals surface area contributed by atoms with Crippen molar-refractivity contribution < 1.29 is 41.8 Å². The topological polar surface area (TPSA) is 105 Å². The summed E-state index contributed by atoms with van der Waals surface area (Å²) >= 11 is 0. The summed E-state index contributed by atoms with van der Waals surface area (Å²) in [6.45, 7) is 1.16. The first-order chi connectivity index (χ1) is 13.9. The Morgan fingerprint density at radius 1 is 1.23 bits per heavy atom. The third-order valence-electron chi connectivity index (χ3n) is 4.79. The Morgan fingerprint density at radius 3 is 2.47 bits per heavy atom. The summed E-state index contributed by atoms with van der Waals surface area (Å²) in [5.74, 6) is -3.76. The standard InChI is InChI=1S/C19H22F4N2O5/c1-3-13-15(12(26)8-10-7-11(20)5-6-14(10)30-13)25-17(28)18(29,4-2)16(27)24-9-19(21,22)23/h5-7,13,15,29H,3-4,8-9H2,1-2H3,(H,24,27)(H,25,28)/t13-,15-,18?/m1/s1. The van der Waals surface area contributed by atoms with Crippen molar-refractivity contribution in [1.82, 2.24) is 10.6 Å². The zero-order chi connectivity index (χ0) is 22.7. The Balaban J connectivity index is 2.22. The largest absolute Gasteiger partial charge is 0.488 e. The number of carbonyl (C=O) groups is 3. The summed E-state index contributed by atoms with van der Waals surface area (Å²) in [5, 5.41) is 14.1. The molecule has 7 nitrogen and oxygen atoms in total. The van der Waals surface area contributed by atoms with Gasteiger partial charge in [0.2, 0.25) is 5.60 Å². The highest BCUT2D eigenvalue weighted by Gasteiger charge is 2.46. The molecule has 2 amide bonds. The second kappa shape index (κ2) is 8.99. The van der Waals surface area contributed by atoms with Gasteiger partial charge >= 0.3 is 6.18 Å². The van der Waals surface area contributed by atoms with E-state index in [0.29, 0.717) is 0 Å². The van der Waals surface area contributed by atoms with Crippen LogP contribution in [0, 0.1) is 5.82 Å². The van der Waals surface area contributed by atoms with E-state index in [-0.39, 0.29) is 24.2 Å². The molecule has 0 aromatic heterocycles. The number of carbonyl (C=O) groups excluding carboxylic acids is 3. The molecule has 1 aliphatic rings. The fraction of sp³-hybridized carbons (Fsp3) is 0.526. The van der Waals surface area contributed by atoms with Gasteiger partial charge in [0.1, 0.15) is 30.3 Å². The molecule has 2 rings (SSSR count). The molecule has 0 radical (unpaired) electrons. The molecule has 0 aliphatic carbocycles. The molecule has 11 heteroatoms. The number of Topliss-reactive ketones (excluding diaryl/α,β-unsaturated/α-hetero) is 1. The third-order valence-corrected chi connectivity index (χ3v) is 4.79. The second-order valence-electron chi connectivity index (χ2n) is 6.92. The lowest BCUT2D eigenvalue weighted by Gasteiger charge is -2.29. The number of ether oxygens (including phenoxy) is 1. The lowest BCUT2D eigenvalue weighted by Crippen LogP contribution is -2.62. The van der Waals surface area contributed by atoms with Crippen LogP contribution in [0.3, 0.4) is 0 Å². The molecule has 3 N–H and O–H groups in total. The molecule has 1 unspecified atom stereocenters. The number of benzene rings is 1. The molecule has 1 heterocycles. The minimum atomic E-state index is -4.74. The van der Waals surface area contributed by atoms with E-state index in [4.69, 9.17) is 4.74 Å². The SMILES string of the molecule is CC[C@H]1Oc2ccc(F)cc2CC(=O)[C@H]1NC(=O)C(O)(CC)C(=O)NCC(F)(F)F. The van der Waals surface area contributed by atoms with Gasteiger partial charge in [0, 0.05) is 12.0 Å². The molecule has 166 valence electrons. The van der Waals surface area contributed by atoms with Crippen molar-refractivity contribution in [2.24, 2.45) is 0 Å². The monoisotopic (exact) mass is 434 g/mol. The van der Waals surface area contributed by atoms with Crippen molar-refractivity contribution in [2.75, 3.05) is 6.54 Å². The van der Waals surface area contributed by atoms with Crippen LogP contribution in [0.25, 0.3) is 0 Å². The smallest absolute Gasteiger partial charge is 0.405 e. The van der Waals surface area contributed by atoms with Gasteiger partial charge in [-0.1, -0.05) is 13.8 Å². The van der Waals surface area contributed by atoms with Crippen LogP contribution < -0.4 is 15.4 Å². The van der Waals surface area contributed by atoms with E-state index in [2.05, 4.69) is 5.32 Å². The number of ketones is 1. The zero-order valence-electron chi connectivity index (χ0n) is 16.3. The van der Waals surface area contributed by atoms with Crippen molar-refractivity contribution in [3.8, 4) is 5.75 Å². The van der Waals surface area contributed by atoms with E-state index < -0.39 is 60.3 Å². The van der Waals surface area contributed by atoms with Crippen LogP contribution in [0.1, 0.15) is 32.3 Å². The predicted octanol–water partition coefficient (Wildman–Crippen LogP) is 1.41. The lowest BCUT2D eigenvalue weighted by atomic mass is 9.95. The fourth-order valence-electron chi connectivity index (χ4n) is 3.04. The molecule has 30 heavy (non-hydrogen) atoms. The van der Waals surface area contributed by atoms with Gasteiger partial charge in [0.05, 0.1) is 0 Å². The summed E-state index contributed by atoms with van der Waals surface area (Å²) in [7, 11) is 0. The van der Waals surface area contributed by atoms with Crippen molar-refractivity contribution in [3.05, 3.63) is 29.6 Å². The van der Waals surface area contributed by atoms with Crippen LogP contribution >= 0.6 is 0 Å². The molecule has 0 saturated carbocycles. The van der Waals surface area contributed by atoms with Gasteiger partial charge in [-0.2, -0.15) is 13.2 Å². The van der Waals surface area contributed by atoms with Crippen LogP contribution in [0.5, 0.6) is 5.75 Å². The van der Waals surface area contributed by atoms with Gasteiger partial charge in [-0.25, -0.2) is 4.39 Å². The summed E-state index contributed by atoms with van der Waals surface area (Å²) in [5.41, 5.74) is -2.56. The van der Waals surface area contributed by atoms with Crippen molar-refractivity contribution in [1.29, 1.82) is 0 Å². The first-order valence-electron chi connectivity index (χ1n) is 9.27. The predicted molar refractivity (Wildman–Crippen MR) is 96.1 cm³/mol. The van der Waals surface area contributed by atoms with E-state index in [1.807, 2.05) is 0 Å². The number of amides is 2. The Hall–Kier alpha value is -2.69. The van der Waals surface area contributed by atoms with Crippen molar-refractivity contribution in [3.63, 3.8) is 0 Å². The van der Waals surface area contributed by atoms with Gasteiger partial charge in [-0.3, -0.25) is 14.4 Å². The number of halogens is 4. The average Bonchev–Trinajstić information content (AvgIpc) is 2.80. The molecule has 0 spiro atoms. The number of alkyl halides is 3. The van der Waals surface area contributed by atoms with Crippen LogP contribution in [-0.2, 0) is 20.8 Å². The molecule has 1 aliphatic heterocycles. The molecular formula is C19H22F4N2O5. The van der Waals surface area contributed by atoms with Gasteiger partial charge in [0.15, 0.2) is 5.78 Å². The summed E-state index contributed by atoms with van der Waals surface area (Å²) in [6, 6.07) is 2.32. The number of fused-ring (bicyclic) bond motifs is 1. The number of nitrogens with one attached hydrogen (secondary N) is 2. The highest BCUT2D eigenvalue weighted by Crippen LogP contribution is 2.28. The summed E-state index contributed by atoms with van der Waals surface area (Å²) < 4.78 is 56.3.